The molecule has 0 bridgehead atoms. The van der Waals surface area contributed by atoms with Gasteiger partial charge in [-0.2, -0.15) is 0 Å². The Morgan fingerprint density at radius 2 is 2.28 bits per heavy atom. The van der Waals surface area contributed by atoms with E-state index in [2.05, 4.69) is 5.43 Å². The van der Waals surface area contributed by atoms with E-state index >= 15 is 0 Å². The molecule has 2 rings (SSSR count). The van der Waals surface area contributed by atoms with E-state index in [4.69, 9.17) is 17.3 Å². The Labute approximate surface area is 110 Å². The van der Waals surface area contributed by atoms with Gasteiger partial charge in [0.15, 0.2) is 0 Å². The molecule has 5 atom stereocenters. The fourth-order valence-electron chi connectivity index (χ4n) is 3.05. The molecule has 0 aromatic heterocycles. The average Bonchev–Trinajstić information content (AvgIpc) is 2.65. The van der Waals surface area contributed by atoms with Crippen LogP contribution in [-0.4, -0.2) is 46.8 Å². The zero-order valence-electron chi connectivity index (χ0n) is 9.97. The third kappa shape index (κ3) is 2.45. The van der Waals surface area contributed by atoms with E-state index in [-0.39, 0.29) is 28.4 Å². The maximum absolute atomic E-state index is 12.3. The van der Waals surface area contributed by atoms with Gasteiger partial charge in [-0.25, -0.2) is 10.4 Å². The summed E-state index contributed by atoms with van der Waals surface area (Å²) < 4.78 is 12.3. The number of nitrogens with two attached hydrogens (primary N) is 1. The van der Waals surface area contributed by atoms with Gasteiger partial charge in [0.1, 0.15) is 0 Å². The Morgan fingerprint density at radius 1 is 1.56 bits per heavy atom. The van der Waals surface area contributed by atoms with Gasteiger partial charge in [0.25, 0.3) is 0 Å². The minimum Gasteiger partial charge on any atom is -0.315 e. The molecule has 1 saturated carbocycles. The van der Waals surface area contributed by atoms with Crippen LogP contribution in [0.1, 0.15) is 19.3 Å². The Kier molecular flexibility index (Phi) is 4.37. The first kappa shape index (κ1) is 13.9. The number of halogens is 2. The number of hydrazine groups is 1. The summed E-state index contributed by atoms with van der Waals surface area (Å²) in [6.07, 6.45) is 0.990. The molecule has 1 aliphatic heterocycles. The van der Waals surface area contributed by atoms with Gasteiger partial charge in [0.05, 0.1) is 18.9 Å². The Bertz CT molecular complexity index is 322. The van der Waals surface area contributed by atoms with Crippen molar-refractivity contribution < 1.29 is 9.31 Å². The molecule has 6 nitrogen and oxygen atoms in total. The molecule has 18 heavy (non-hydrogen) atoms. The Balaban J connectivity index is 2.17. The highest BCUT2D eigenvalue weighted by Gasteiger charge is 2.54. The molecule has 1 heterocycles. The van der Waals surface area contributed by atoms with Crippen LogP contribution >= 0.6 is 11.6 Å². The molecule has 1 saturated heterocycles. The number of hydrogen-bond acceptors (Lipinski definition) is 5. The van der Waals surface area contributed by atoms with Gasteiger partial charge in [-0.05, 0) is 12.8 Å². The van der Waals surface area contributed by atoms with E-state index in [1.165, 1.54) is 0 Å². The molecule has 3 N–H and O–H groups in total. The SMILES string of the molecule is NC1NN(CCCF)C2C1C(Cl)CCC2[N+](=O)[O-]. The molecule has 2 aliphatic rings. The quantitative estimate of drug-likeness (QED) is 0.445. The van der Waals surface area contributed by atoms with Crippen molar-refractivity contribution in [1.82, 2.24) is 10.4 Å². The van der Waals surface area contributed by atoms with E-state index in [0.29, 0.717) is 25.8 Å². The largest absolute Gasteiger partial charge is 0.315 e. The van der Waals surface area contributed by atoms with Crippen LogP contribution in [0.25, 0.3) is 0 Å². The van der Waals surface area contributed by atoms with Crippen molar-refractivity contribution in [2.75, 3.05) is 13.2 Å². The predicted octanol–water partition coefficient (Wildman–Crippen LogP) is 0.482. The van der Waals surface area contributed by atoms with E-state index in [9.17, 15) is 14.5 Å². The lowest BCUT2D eigenvalue weighted by molar-refractivity contribution is -0.534. The lowest BCUT2D eigenvalue weighted by atomic mass is 9.80. The number of fused-ring (bicyclic) bond motifs is 1. The van der Waals surface area contributed by atoms with Gasteiger partial charge >= 0.3 is 0 Å². The van der Waals surface area contributed by atoms with Gasteiger partial charge in [0.2, 0.25) is 6.04 Å². The number of alkyl halides is 2. The van der Waals surface area contributed by atoms with E-state index in [1.54, 1.807) is 5.01 Å². The van der Waals surface area contributed by atoms with Gasteiger partial charge in [0, 0.05) is 29.2 Å². The van der Waals surface area contributed by atoms with Crippen LogP contribution in [0.15, 0.2) is 0 Å². The number of hydrogen-bond donors (Lipinski definition) is 2. The second-order valence-corrected chi connectivity index (χ2v) is 5.47. The first-order valence-corrected chi connectivity index (χ1v) is 6.62. The summed E-state index contributed by atoms with van der Waals surface area (Å²) in [6.45, 7) is -0.0302. The van der Waals surface area contributed by atoms with Crippen LogP contribution < -0.4 is 11.2 Å². The highest BCUT2D eigenvalue weighted by molar-refractivity contribution is 6.21. The molecule has 1 aliphatic carbocycles. The van der Waals surface area contributed by atoms with E-state index in [1.807, 2.05) is 0 Å². The molecule has 0 amide bonds. The Morgan fingerprint density at radius 3 is 2.89 bits per heavy atom. The second-order valence-electron chi connectivity index (χ2n) is 4.90. The molecule has 104 valence electrons. The standard InChI is InChI=1S/C10H18ClFN4O2/c11-6-2-3-7(16(17)18)9-8(6)10(13)14-15(9)5-1-4-12/h6-10,14H,1-5,13H2. The lowest BCUT2D eigenvalue weighted by Crippen LogP contribution is -2.53. The number of nitrogens with one attached hydrogen (secondary N) is 1. The van der Waals surface area contributed by atoms with Crippen molar-refractivity contribution in [2.45, 2.75) is 42.9 Å². The molecule has 8 heteroatoms. The minimum absolute atomic E-state index is 0.157. The number of rotatable bonds is 4. The summed E-state index contributed by atoms with van der Waals surface area (Å²) in [5, 5.41) is 12.7. The highest BCUT2D eigenvalue weighted by atomic mass is 35.5. The van der Waals surface area contributed by atoms with E-state index < -0.39 is 12.7 Å². The van der Waals surface area contributed by atoms with Crippen molar-refractivity contribution in [2.24, 2.45) is 11.7 Å². The normalized spacial score (nSPS) is 40.7. The highest BCUT2D eigenvalue weighted by Crippen LogP contribution is 2.37. The second kappa shape index (κ2) is 5.64. The maximum Gasteiger partial charge on any atom is 0.230 e. The van der Waals surface area contributed by atoms with E-state index in [0.717, 1.165) is 0 Å². The predicted molar refractivity (Wildman–Crippen MR) is 65.3 cm³/mol. The van der Waals surface area contributed by atoms with Crippen molar-refractivity contribution in [3.05, 3.63) is 10.1 Å². The van der Waals surface area contributed by atoms with Crippen molar-refractivity contribution in [3.63, 3.8) is 0 Å². The lowest BCUT2D eigenvalue weighted by Gasteiger charge is -2.35. The summed E-state index contributed by atoms with van der Waals surface area (Å²) in [5.41, 5.74) is 8.95. The summed E-state index contributed by atoms with van der Waals surface area (Å²) in [6, 6.07) is -1.01. The molecule has 2 fully saturated rings. The van der Waals surface area contributed by atoms with Crippen molar-refractivity contribution in [1.29, 1.82) is 0 Å². The summed E-state index contributed by atoms with van der Waals surface area (Å²) >= 11 is 6.24. The molecule has 0 spiro atoms. The van der Waals surface area contributed by atoms with Crippen molar-refractivity contribution >= 4 is 11.6 Å². The van der Waals surface area contributed by atoms with Crippen LogP contribution in [0.5, 0.6) is 0 Å². The van der Waals surface area contributed by atoms with Crippen LogP contribution in [0, 0.1) is 16.0 Å². The first-order chi connectivity index (χ1) is 8.56. The molecule has 0 aromatic carbocycles. The zero-order chi connectivity index (χ0) is 13.3. The maximum atomic E-state index is 12.3. The first-order valence-electron chi connectivity index (χ1n) is 6.18. The van der Waals surface area contributed by atoms with Gasteiger partial charge in [-0.15, -0.1) is 11.6 Å². The molecular formula is C10H18ClFN4O2. The third-order valence-corrected chi connectivity index (χ3v) is 4.35. The summed E-state index contributed by atoms with van der Waals surface area (Å²) in [5.74, 6) is -0.157. The van der Waals surface area contributed by atoms with Crippen LogP contribution in [-0.2, 0) is 0 Å². The zero-order valence-corrected chi connectivity index (χ0v) is 10.7. The molecular weight excluding hydrogens is 263 g/mol. The van der Waals surface area contributed by atoms with Gasteiger partial charge < -0.3 is 5.73 Å². The molecule has 0 aromatic rings. The van der Waals surface area contributed by atoms with Crippen LogP contribution in [0.3, 0.4) is 0 Å². The summed E-state index contributed by atoms with van der Waals surface area (Å²) in [7, 11) is 0. The average molecular weight is 281 g/mol. The number of nitrogens with zero attached hydrogens (tertiary/aromatic N) is 2. The van der Waals surface area contributed by atoms with Gasteiger partial charge in [-0.3, -0.25) is 14.5 Å². The van der Waals surface area contributed by atoms with Crippen molar-refractivity contribution in [3.8, 4) is 0 Å². The molecule has 5 unspecified atom stereocenters. The summed E-state index contributed by atoms with van der Waals surface area (Å²) in [4.78, 5) is 10.9. The smallest absolute Gasteiger partial charge is 0.230 e. The van der Waals surface area contributed by atoms with Crippen LogP contribution in [0.2, 0.25) is 0 Å². The van der Waals surface area contributed by atoms with Gasteiger partial charge in [-0.1, -0.05) is 0 Å². The molecule has 0 radical (unpaired) electrons. The number of nitro groups is 1. The fourth-order valence-corrected chi connectivity index (χ4v) is 3.49. The Hall–Kier alpha value is -0.500. The monoisotopic (exact) mass is 280 g/mol. The topological polar surface area (TPSA) is 84.4 Å². The third-order valence-electron chi connectivity index (χ3n) is 3.84. The fraction of sp³-hybridized carbons (Fsp3) is 1.00. The van der Waals surface area contributed by atoms with Crippen LogP contribution in [0.4, 0.5) is 4.39 Å². The minimum atomic E-state index is -0.675.